The van der Waals surface area contributed by atoms with Crippen LogP contribution in [0, 0.1) is 34.5 Å². The van der Waals surface area contributed by atoms with Gasteiger partial charge >= 0.3 is 5.97 Å². The summed E-state index contributed by atoms with van der Waals surface area (Å²) in [5.74, 6) is -0.712. The van der Waals surface area contributed by atoms with Crippen molar-refractivity contribution in [3.8, 4) is 0 Å². The van der Waals surface area contributed by atoms with Crippen molar-refractivity contribution in [3.05, 3.63) is 23.8 Å². The number of rotatable bonds is 3. The number of ketones is 2. The van der Waals surface area contributed by atoms with E-state index in [1.165, 1.54) is 6.92 Å². The summed E-state index contributed by atoms with van der Waals surface area (Å²) in [6.45, 7) is 10.9. The second-order valence-corrected chi connectivity index (χ2v) is 11.6. The summed E-state index contributed by atoms with van der Waals surface area (Å²) >= 11 is 0. The fourth-order valence-corrected chi connectivity index (χ4v) is 7.50. The Morgan fingerprint density at radius 3 is 2.33 bits per heavy atom. The van der Waals surface area contributed by atoms with Gasteiger partial charge in [0.1, 0.15) is 5.60 Å². The zero-order valence-electron chi connectivity index (χ0n) is 21.8. The maximum Gasteiger partial charge on any atom is 0.303 e. The summed E-state index contributed by atoms with van der Waals surface area (Å²) in [6, 6.07) is 0. The molecule has 6 aliphatic rings. The number of ether oxygens (including phenoxy) is 3. The van der Waals surface area contributed by atoms with Gasteiger partial charge < -0.3 is 24.4 Å². The van der Waals surface area contributed by atoms with Gasteiger partial charge in [0.05, 0.1) is 32.5 Å². The number of fused-ring (bicyclic) bond motifs is 5. The maximum atomic E-state index is 12.9. The van der Waals surface area contributed by atoms with E-state index in [0.29, 0.717) is 19.3 Å². The molecule has 6 rings (SSSR count). The number of aliphatic hydroxyl groups excluding tert-OH is 1. The molecule has 3 saturated carbocycles. The Hall–Kier alpha value is -1.87. The molecule has 0 unspecified atom stereocenters. The first kappa shape index (κ1) is 27.2. The van der Waals surface area contributed by atoms with E-state index in [0.717, 1.165) is 38.4 Å². The molecular formula is C28H40O8. The van der Waals surface area contributed by atoms with Gasteiger partial charge in [-0.3, -0.25) is 14.4 Å². The number of allylic oxidation sites excluding steroid dienone is 4. The van der Waals surface area contributed by atoms with Gasteiger partial charge in [-0.05, 0) is 55.6 Å². The number of carbonyl (C=O) groups excluding carboxylic acids is 3. The molecule has 5 fully saturated rings. The first-order valence-electron chi connectivity index (χ1n) is 13.1. The van der Waals surface area contributed by atoms with Crippen molar-refractivity contribution in [3.63, 3.8) is 0 Å². The van der Waals surface area contributed by atoms with Crippen molar-refractivity contribution >= 4 is 17.5 Å². The van der Waals surface area contributed by atoms with Gasteiger partial charge in [0.2, 0.25) is 5.78 Å². The number of esters is 1. The van der Waals surface area contributed by atoms with Crippen LogP contribution in [0.3, 0.4) is 0 Å². The fourth-order valence-electron chi connectivity index (χ4n) is 7.50. The largest absolute Gasteiger partial charge is 0.458 e. The molecule has 2 saturated heterocycles. The van der Waals surface area contributed by atoms with Gasteiger partial charge in [-0.15, -0.1) is 0 Å². The van der Waals surface area contributed by atoms with Crippen molar-refractivity contribution in [2.24, 2.45) is 34.5 Å². The molecule has 0 radical (unpaired) electrons. The van der Waals surface area contributed by atoms with Gasteiger partial charge in [0.25, 0.3) is 0 Å². The average Bonchev–Trinajstić information content (AvgIpc) is 3.70. The van der Waals surface area contributed by atoms with Crippen LogP contribution in [0.1, 0.15) is 53.4 Å². The lowest BCUT2D eigenvalue weighted by Crippen LogP contribution is -2.62. The number of Topliss-reactive ketones (excluding diaryl/α,β-unsaturated/α-hetero) is 1. The lowest BCUT2D eigenvalue weighted by Gasteiger charge is -2.60. The van der Waals surface area contributed by atoms with Crippen LogP contribution in [-0.4, -0.2) is 72.5 Å². The smallest absolute Gasteiger partial charge is 0.303 e. The Balaban J connectivity index is 0.000000443. The topological polar surface area (TPSA) is 126 Å². The predicted molar refractivity (Wildman–Crippen MR) is 131 cm³/mol. The van der Waals surface area contributed by atoms with E-state index in [4.69, 9.17) is 4.74 Å². The number of aliphatic hydroxyl groups is 2. The molecule has 36 heavy (non-hydrogen) atoms. The first-order valence-corrected chi connectivity index (χ1v) is 13.1. The van der Waals surface area contributed by atoms with Crippen LogP contribution in [-0.2, 0) is 28.6 Å². The SMILES string of the molecule is C1CO1.C1CO1.CC(=O)OCC(=O)[C@@]1(O)CC[C@H]2[C@@H]3C[C@H](C)C4=CC(=O)C=C[C@]4(C)[C@H]3[C@@H](O)C[C@@]21C. The molecule has 0 amide bonds. The van der Waals surface area contributed by atoms with Gasteiger partial charge in [-0.25, -0.2) is 0 Å². The van der Waals surface area contributed by atoms with Crippen LogP contribution in [0.25, 0.3) is 0 Å². The average molecular weight is 505 g/mol. The Kier molecular flexibility index (Phi) is 7.64. The first-order chi connectivity index (χ1) is 16.9. The number of carbonyl (C=O) groups is 3. The normalized spacial score (nSPS) is 43.2. The minimum absolute atomic E-state index is 0.00535. The third-order valence-electron chi connectivity index (χ3n) is 9.24. The Morgan fingerprint density at radius 1 is 1.17 bits per heavy atom. The molecule has 2 N–H and O–H groups in total. The molecule has 0 spiro atoms. The number of hydrogen-bond donors (Lipinski definition) is 2. The minimum atomic E-state index is -1.61. The third kappa shape index (κ3) is 4.97. The highest BCUT2D eigenvalue weighted by molar-refractivity contribution is 6.01. The van der Waals surface area contributed by atoms with E-state index in [1.807, 2.05) is 13.0 Å². The molecule has 0 aromatic rings. The summed E-state index contributed by atoms with van der Waals surface area (Å²) in [5, 5.41) is 22.9. The predicted octanol–water partition coefficient (Wildman–Crippen LogP) is 2.41. The molecule has 8 atom stereocenters. The highest BCUT2D eigenvalue weighted by atomic mass is 16.6. The van der Waals surface area contributed by atoms with E-state index in [2.05, 4.69) is 23.3 Å². The molecule has 4 aliphatic carbocycles. The molecule has 2 aliphatic heterocycles. The zero-order valence-corrected chi connectivity index (χ0v) is 21.8. The fraction of sp³-hybridized carbons (Fsp3) is 0.750. The molecule has 200 valence electrons. The van der Waals surface area contributed by atoms with Crippen LogP contribution in [0.15, 0.2) is 23.8 Å². The van der Waals surface area contributed by atoms with Crippen molar-refractivity contribution in [1.29, 1.82) is 0 Å². The molecule has 2 heterocycles. The summed E-state index contributed by atoms with van der Waals surface area (Å²) in [7, 11) is 0. The van der Waals surface area contributed by atoms with Crippen molar-refractivity contribution < 1.29 is 38.8 Å². The number of hydrogen-bond acceptors (Lipinski definition) is 8. The van der Waals surface area contributed by atoms with E-state index >= 15 is 0 Å². The van der Waals surface area contributed by atoms with E-state index < -0.39 is 40.9 Å². The maximum absolute atomic E-state index is 12.9. The van der Waals surface area contributed by atoms with Gasteiger partial charge in [0.15, 0.2) is 12.4 Å². The molecule has 8 heteroatoms. The van der Waals surface area contributed by atoms with Crippen LogP contribution in [0.5, 0.6) is 0 Å². The second-order valence-electron chi connectivity index (χ2n) is 11.6. The molecule has 0 aromatic heterocycles. The molecule has 0 bridgehead atoms. The van der Waals surface area contributed by atoms with Crippen LogP contribution in [0.4, 0.5) is 0 Å². The summed E-state index contributed by atoms with van der Waals surface area (Å²) < 4.78 is 13.9. The second kappa shape index (κ2) is 10.1. The molecule has 8 nitrogen and oxygen atoms in total. The highest BCUT2D eigenvalue weighted by Crippen LogP contribution is 2.67. The standard InChI is InChI=1S/C24H32O6.2C2H4O/c1-13-9-16-17-6-8-24(29,20(28)12-30-14(2)25)23(17,4)11-19(27)21(16)22(3)7-5-15(26)10-18(13)22;2*1-2-3-1/h5,7,10,13,16-17,19,21,27,29H,6,8-9,11-12H2,1-4H3;2*1-2H2/t13-,16-,17-,19-,21+,22-,23-,24-;;/m0../s1. The summed E-state index contributed by atoms with van der Waals surface area (Å²) in [6.07, 6.45) is 6.71. The van der Waals surface area contributed by atoms with Crippen LogP contribution < -0.4 is 0 Å². The summed E-state index contributed by atoms with van der Waals surface area (Å²) in [5.41, 5.74) is -1.72. The highest BCUT2D eigenvalue weighted by Gasteiger charge is 2.68. The summed E-state index contributed by atoms with van der Waals surface area (Å²) in [4.78, 5) is 36.1. The van der Waals surface area contributed by atoms with Gasteiger partial charge in [-0.2, -0.15) is 0 Å². The van der Waals surface area contributed by atoms with Crippen LogP contribution in [0.2, 0.25) is 0 Å². The zero-order chi connectivity index (χ0) is 26.3. The molecular weight excluding hydrogens is 464 g/mol. The van der Waals surface area contributed by atoms with Crippen molar-refractivity contribution in [1.82, 2.24) is 0 Å². The molecule has 0 aromatic carbocycles. The quantitative estimate of drug-likeness (QED) is 0.443. The van der Waals surface area contributed by atoms with Crippen molar-refractivity contribution in [2.45, 2.75) is 65.1 Å². The van der Waals surface area contributed by atoms with E-state index in [9.17, 15) is 24.6 Å². The van der Waals surface area contributed by atoms with Gasteiger partial charge in [-0.1, -0.05) is 32.4 Å². The Morgan fingerprint density at radius 2 is 1.78 bits per heavy atom. The van der Waals surface area contributed by atoms with Crippen LogP contribution >= 0.6 is 0 Å². The lowest BCUT2D eigenvalue weighted by molar-refractivity contribution is -0.182. The monoisotopic (exact) mass is 504 g/mol. The lowest BCUT2D eigenvalue weighted by atomic mass is 9.45. The van der Waals surface area contributed by atoms with Crippen molar-refractivity contribution in [2.75, 3.05) is 33.0 Å². The Bertz CT molecular complexity index is 940. The Labute approximate surface area is 213 Å². The van der Waals surface area contributed by atoms with E-state index in [1.54, 1.807) is 12.2 Å². The van der Waals surface area contributed by atoms with Gasteiger partial charge in [0, 0.05) is 23.7 Å². The number of epoxide rings is 2. The van der Waals surface area contributed by atoms with E-state index in [-0.39, 0.29) is 29.5 Å². The minimum Gasteiger partial charge on any atom is -0.458 e. The third-order valence-corrected chi connectivity index (χ3v) is 9.24.